The number of hydrogen-bond donors (Lipinski definition) is 1. The third-order valence-electron chi connectivity index (χ3n) is 2.30. The Hall–Kier alpha value is -1.95. The molecule has 88 valence electrons. The van der Waals surface area contributed by atoms with Crippen LogP contribution in [0.15, 0.2) is 29.2 Å². The van der Waals surface area contributed by atoms with Gasteiger partial charge >= 0.3 is 0 Å². The van der Waals surface area contributed by atoms with Crippen molar-refractivity contribution in [3.63, 3.8) is 0 Å². The van der Waals surface area contributed by atoms with Gasteiger partial charge in [0.15, 0.2) is 0 Å². The van der Waals surface area contributed by atoms with Crippen LogP contribution in [0.25, 0.3) is 0 Å². The monoisotopic (exact) mass is 248 g/mol. The van der Waals surface area contributed by atoms with E-state index in [0.29, 0.717) is 12.1 Å². The van der Waals surface area contributed by atoms with Gasteiger partial charge in [-0.2, -0.15) is 0 Å². The molecule has 0 aromatic carbocycles. The van der Waals surface area contributed by atoms with E-state index in [1.54, 1.807) is 35.8 Å². The van der Waals surface area contributed by atoms with Crippen molar-refractivity contribution in [3.05, 3.63) is 40.5 Å². The summed E-state index contributed by atoms with van der Waals surface area (Å²) in [6.45, 7) is 0.469. The standard InChI is InChI=1S/C11H12N4OS/c1-15(5-8-6-17-7-14-8)11(16)9-3-2-4-13-10(9)12/h2-4,6-7H,5H2,1H3,(H2,12,13). The number of nitrogens with two attached hydrogens (primary N) is 1. The number of carbonyl (C=O) groups excluding carboxylic acids is 1. The Morgan fingerprint density at radius 2 is 2.35 bits per heavy atom. The van der Waals surface area contributed by atoms with E-state index in [2.05, 4.69) is 9.97 Å². The van der Waals surface area contributed by atoms with Crippen molar-refractivity contribution in [3.8, 4) is 0 Å². The van der Waals surface area contributed by atoms with Gasteiger partial charge in [-0.05, 0) is 12.1 Å². The number of nitrogens with zero attached hydrogens (tertiary/aromatic N) is 3. The molecule has 0 spiro atoms. The van der Waals surface area contributed by atoms with Crippen molar-refractivity contribution in [2.24, 2.45) is 0 Å². The number of thiazole rings is 1. The molecule has 2 heterocycles. The van der Waals surface area contributed by atoms with Crippen LogP contribution in [0.4, 0.5) is 5.82 Å². The summed E-state index contributed by atoms with van der Waals surface area (Å²) in [5, 5.41) is 1.91. The van der Waals surface area contributed by atoms with E-state index >= 15 is 0 Å². The highest BCUT2D eigenvalue weighted by Gasteiger charge is 2.15. The van der Waals surface area contributed by atoms with Crippen LogP contribution in [0.1, 0.15) is 16.1 Å². The number of hydrogen-bond acceptors (Lipinski definition) is 5. The van der Waals surface area contributed by atoms with Gasteiger partial charge in [-0.1, -0.05) is 0 Å². The Balaban J connectivity index is 2.13. The van der Waals surface area contributed by atoms with Gasteiger partial charge in [-0.15, -0.1) is 11.3 Å². The molecule has 0 atom stereocenters. The Kier molecular flexibility index (Phi) is 3.34. The van der Waals surface area contributed by atoms with Crippen molar-refractivity contribution < 1.29 is 4.79 Å². The van der Waals surface area contributed by atoms with Crippen LogP contribution in [0.5, 0.6) is 0 Å². The predicted octanol–water partition coefficient (Wildman–Crippen LogP) is 1.39. The summed E-state index contributed by atoms with van der Waals surface area (Å²) in [5.41, 5.74) is 8.69. The highest BCUT2D eigenvalue weighted by atomic mass is 32.1. The maximum Gasteiger partial charge on any atom is 0.257 e. The average molecular weight is 248 g/mol. The topological polar surface area (TPSA) is 72.1 Å². The molecular formula is C11H12N4OS. The van der Waals surface area contributed by atoms with Crippen LogP contribution in [0.3, 0.4) is 0 Å². The molecule has 0 aliphatic heterocycles. The van der Waals surface area contributed by atoms with Crippen molar-refractivity contribution in [2.75, 3.05) is 12.8 Å². The van der Waals surface area contributed by atoms with Gasteiger partial charge in [0, 0.05) is 18.6 Å². The van der Waals surface area contributed by atoms with E-state index < -0.39 is 0 Å². The summed E-state index contributed by atoms with van der Waals surface area (Å²) in [5.74, 6) is 0.103. The molecule has 0 aliphatic carbocycles. The smallest absolute Gasteiger partial charge is 0.257 e. The van der Waals surface area contributed by atoms with Crippen molar-refractivity contribution in [1.82, 2.24) is 14.9 Å². The van der Waals surface area contributed by atoms with Crippen LogP contribution in [0, 0.1) is 0 Å². The lowest BCUT2D eigenvalue weighted by Gasteiger charge is -2.16. The largest absolute Gasteiger partial charge is 0.383 e. The highest BCUT2D eigenvalue weighted by Crippen LogP contribution is 2.12. The summed E-state index contributed by atoms with van der Waals surface area (Å²) in [7, 11) is 1.72. The molecule has 2 aromatic heterocycles. The molecule has 2 N–H and O–H groups in total. The van der Waals surface area contributed by atoms with Gasteiger partial charge < -0.3 is 10.6 Å². The second kappa shape index (κ2) is 4.92. The first-order chi connectivity index (χ1) is 8.18. The normalized spacial score (nSPS) is 10.2. The van der Waals surface area contributed by atoms with E-state index in [9.17, 15) is 4.79 Å². The molecule has 0 unspecified atom stereocenters. The molecule has 0 fully saturated rings. The van der Waals surface area contributed by atoms with Crippen LogP contribution in [-0.2, 0) is 6.54 Å². The second-order valence-electron chi connectivity index (χ2n) is 3.58. The highest BCUT2D eigenvalue weighted by molar-refractivity contribution is 7.07. The lowest BCUT2D eigenvalue weighted by Crippen LogP contribution is -2.27. The molecular weight excluding hydrogens is 236 g/mol. The van der Waals surface area contributed by atoms with Gasteiger partial charge in [0.1, 0.15) is 5.82 Å². The van der Waals surface area contributed by atoms with Crippen LogP contribution >= 0.6 is 11.3 Å². The third-order valence-corrected chi connectivity index (χ3v) is 2.93. The number of carbonyl (C=O) groups is 1. The predicted molar refractivity (Wildman–Crippen MR) is 66.6 cm³/mol. The zero-order chi connectivity index (χ0) is 12.3. The molecule has 0 aliphatic rings. The minimum atomic E-state index is -0.149. The van der Waals surface area contributed by atoms with Crippen molar-refractivity contribution in [2.45, 2.75) is 6.54 Å². The minimum absolute atomic E-state index is 0.149. The molecule has 0 bridgehead atoms. The first-order valence-electron chi connectivity index (χ1n) is 5.01. The summed E-state index contributed by atoms with van der Waals surface area (Å²) in [4.78, 5) is 21.7. The van der Waals surface area contributed by atoms with E-state index in [4.69, 9.17) is 5.73 Å². The third kappa shape index (κ3) is 2.59. The minimum Gasteiger partial charge on any atom is -0.383 e. The van der Waals surface area contributed by atoms with Crippen molar-refractivity contribution in [1.29, 1.82) is 0 Å². The molecule has 2 aromatic rings. The fourth-order valence-corrected chi connectivity index (χ4v) is 1.98. The van der Waals surface area contributed by atoms with Crippen LogP contribution < -0.4 is 5.73 Å². The molecule has 0 saturated heterocycles. The lowest BCUT2D eigenvalue weighted by molar-refractivity contribution is 0.0784. The van der Waals surface area contributed by atoms with Crippen LogP contribution in [0.2, 0.25) is 0 Å². The summed E-state index contributed by atoms with van der Waals surface area (Å²) in [6, 6.07) is 3.36. The summed E-state index contributed by atoms with van der Waals surface area (Å²) < 4.78 is 0. The number of anilines is 1. The number of aromatic nitrogens is 2. The van der Waals surface area contributed by atoms with E-state index in [0.717, 1.165) is 5.69 Å². The summed E-state index contributed by atoms with van der Waals surface area (Å²) >= 11 is 1.51. The van der Waals surface area contributed by atoms with E-state index in [1.165, 1.54) is 11.3 Å². The summed E-state index contributed by atoms with van der Waals surface area (Å²) in [6.07, 6.45) is 1.56. The van der Waals surface area contributed by atoms with Gasteiger partial charge in [-0.3, -0.25) is 4.79 Å². The van der Waals surface area contributed by atoms with Crippen molar-refractivity contribution >= 4 is 23.1 Å². The van der Waals surface area contributed by atoms with Gasteiger partial charge in [0.25, 0.3) is 5.91 Å². The number of amides is 1. The second-order valence-corrected chi connectivity index (χ2v) is 4.30. The fourth-order valence-electron chi connectivity index (χ4n) is 1.43. The quantitative estimate of drug-likeness (QED) is 0.891. The molecule has 2 rings (SSSR count). The van der Waals surface area contributed by atoms with Gasteiger partial charge in [0.05, 0.1) is 23.3 Å². The Morgan fingerprint density at radius 3 is 3.00 bits per heavy atom. The Labute approximate surface area is 103 Å². The van der Waals surface area contributed by atoms with Gasteiger partial charge in [-0.25, -0.2) is 9.97 Å². The lowest BCUT2D eigenvalue weighted by atomic mass is 10.2. The molecule has 0 radical (unpaired) electrons. The Bertz CT molecular complexity index is 512. The maximum absolute atomic E-state index is 12.1. The van der Waals surface area contributed by atoms with E-state index in [-0.39, 0.29) is 11.7 Å². The average Bonchev–Trinajstić information content (AvgIpc) is 2.81. The molecule has 1 amide bonds. The van der Waals surface area contributed by atoms with Gasteiger partial charge in [0.2, 0.25) is 0 Å². The fraction of sp³-hybridized carbons (Fsp3) is 0.182. The Morgan fingerprint density at radius 1 is 1.53 bits per heavy atom. The first kappa shape index (κ1) is 11.5. The molecule has 5 nitrogen and oxygen atoms in total. The number of rotatable bonds is 3. The zero-order valence-electron chi connectivity index (χ0n) is 9.33. The number of nitrogen functional groups attached to an aromatic ring is 1. The molecule has 17 heavy (non-hydrogen) atoms. The van der Waals surface area contributed by atoms with Crippen LogP contribution in [-0.4, -0.2) is 27.8 Å². The number of pyridine rings is 1. The maximum atomic E-state index is 12.1. The molecule has 0 saturated carbocycles. The SMILES string of the molecule is CN(Cc1cscn1)C(=O)c1cccnc1N. The molecule has 6 heteroatoms. The van der Waals surface area contributed by atoms with E-state index in [1.807, 2.05) is 5.38 Å². The first-order valence-corrected chi connectivity index (χ1v) is 5.96. The zero-order valence-corrected chi connectivity index (χ0v) is 10.1.